The van der Waals surface area contributed by atoms with E-state index in [1.165, 1.54) is 18.2 Å². The van der Waals surface area contributed by atoms with E-state index in [4.69, 9.17) is 0 Å². The van der Waals surface area contributed by atoms with Gasteiger partial charge >= 0.3 is 0 Å². The van der Waals surface area contributed by atoms with E-state index in [0.29, 0.717) is 0 Å². The van der Waals surface area contributed by atoms with Gasteiger partial charge in [-0.3, -0.25) is 14.8 Å². The van der Waals surface area contributed by atoms with E-state index < -0.39 is 10.7 Å². The van der Waals surface area contributed by atoms with Crippen LogP contribution in [0.15, 0.2) is 30.5 Å². The molecule has 0 fully saturated rings. The van der Waals surface area contributed by atoms with Gasteiger partial charge in [-0.25, -0.2) is 4.39 Å². The maximum atomic E-state index is 13.7. The molecule has 106 valence electrons. The lowest BCUT2D eigenvalue weighted by atomic mass is 10.2. The number of anilines is 1. The van der Waals surface area contributed by atoms with Gasteiger partial charge in [0.2, 0.25) is 0 Å². The van der Waals surface area contributed by atoms with Crippen LogP contribution in [0.3, 0.4) is 0 Å². The Bertz CT molecular complexity index is 612. The van der Waals surface area contributed by atoms with Crippen molar-refractivity contribution in [3.63, 3.8) is 0 Å². The second-order valence-corrected chi connectivity index (χ2v) is 4.29. The molecule has 6 nitrogen and oxygen atoms in total. The summed E-state index contributed by atoms with van der Waals surface area (Å²) < 4.78 is 15.5. The number of hydrogen-bond donors (Lipinski definition) is 1. The summed E-state index contributed by atoms with van der Waals surface area (Å²) in [5.74, 6) is -0.638. The average Bonchev–Trinajstić information content (AvgIpc) is 2.85. The number of rotatable bonds is 6. The number of aromatic nitrogens is 2. The molecule has 0 aliphatic rings. The van der Waals surface area contributed by atoms with Gasteiger partial charge in [0.25, 0.3) is 5.69 Å². The Labute approximate surface area is 115 Å². The largest absolute Gasteiger partial charge is 0.371 e. The molecule has 1 heterocycles. The number of benzene rings is 1. The van der Waals surface area contributed by atoms with Crippen molar-refractivity contribution in [1.82, 2.24) is 9.78 Å². The first-order valence-corrected chi connectivity index (χ1v) is 6.31. The molecule has 0 aliphatic heterocycles. The normalized spacial score (nSPS) is 10.5. The predicted molar refractivity (Wildman–Crippen MR) is 72.9 cm³/mol. The monoisotopic (exact) mass is 278 g/mol. The third kappa shape index (κ3) is 2.93. The van der Waals surface area contributed by atoms with E-state index in [-0.39, 0.29) is 17.9 Å². The van der Waals surface area contributed by atoms with Crippen LogP contribution in [0.25, 0.3) is 0 Å². The van der Waals surface area contributed by atoms with Crippen molar-refractivity contribution >= 4 is 11.4 Å². The molecule has 1 aromatic carbocycles. The molecule has 0 atom stereocenters. The third-order valence-electron chi connectivity index (χ3n) is 2.87. The predicted octanol–water partition coefficient (Wildman–Crippen LogP) is 2.95. The first kappa shape index (κ1) is 14.0. The van der Waals surface area contributed by atoms with Crippen LogP contribution in [-0.4, -0.2) is 14.7 Å². The minimum absolute atomic E-state index is 0.0956. The van der Waals surface area contributed by atoms with Gasteiger partial charge in [0.15, 0.2) is 5.82 Å². The van der Waals surface area contributed by atoms with Crippen LogP contribution >= 0.6 is 0 Å². The Morgan fingerprint density at radius 1 is 1.45 bits per heavy atom. The van der Waals surface area contributed by atoms with Crippen LogP contribution in [0.2, 0.25) is 0 Å². The van der Waals surface area contributed by atoms with Gasteiger partial charge in [-0.2, -0.15) is 5.10 Å². The molecule has 0 saturated heterocycles. The molecule has 20 heavy (non-hydrogen) atoms. The fourth-order valence-corrected chi connectivity index (χ4v) is 1.94. The summed E-state index contributed by atoms with van der Waals surface area (Å²) >= 11 is 0. The standard InChI is InChI=1S/C13H15FN4O2/c1-2-8-17-10(6-7-16-17)9-15-13-11(14)4-3-5-12(13)18(19)20/h3-7,15H,2,8-9H2,1H3. The third-order valence-corrected chi connectivity index (χ3v) is 2.87. The molecular formula is C13H15FN4O2. The van der Waals surface area contributed by atoms with E-state index >= 15 is 0 Å². The highest BCUT2D eigenvalue weighted by Gasteiger charge is 2.17. The van der Waals surface area contributed by atoms with Crippen molar-refractivity contribution in [1.29, 1.82) is 0 Å². The van der Waals surface area contributed by atoms with Crippen LogP contribution in [0.5, 0.6) is 0 Å². The molecule has 0 radical (unpaired) electrons. The number of hydrogen-bond acceptors (Lipinski definition) is 4. The number of nitro groups is 1. The lowest BCUT2D eigenvalue weighted by Crippen LogP contribution is -2.10. The second kappa shape index (κ2) is 6.14. The molecule has 0 aliphatic carbocycles. The Morgan fingerprint density at radius 3 is 2.95 bits per heavy atom. The van der Waals surface area contributed by atoms with Crippen LogP contribution in [0, 0.1) is 15.9 Å². The molecule has 1 N–H and O–H groups in total. The summed E-state index contributed by atoms with van der Waals surface area (Å²) in [5, 5.41) is 17.8. The summed E-state index contributed by atoms with van der Waals surface area (Å²) in [6, 6.07) is 5.59. The van der Waals surface area contributed by atoms with E-state index in [1.54, 1.807) is 16.9 Å². The number of nitrogens with one attached hydrogen (secondary N) is 1. The first-order valence-electron chi connectivity index (χ1n) is 6.31. The quantitative estimate of drug-likeness (QED) is 0.651. The highest BCUT2D eigenvalue weighted by atomic mass is 19.1. The molecule has 0 unspecified atom stereocenters. The Kier molecular flexibility index (Phi) is 4.29. The Hall–Kier alpha value is -2.44. The zero-order valence-electron chi connectivity index (χ0n) is 11.0. The van der Waals surface area contributed by atoms with Crippen LogP contribution in [0.4, 0.5) is 15.8 Å². The van der Waals surface area contributed by atoms with E-state index in [0.717, 1.165) is 18.7 Å². The zero-order chi connectivity index (χ0) is 14.5. The molecule has 0 saturated carbocycles. The van der Waals surface area contributed by atoms with Gasteiger partial charge in [-0.1, -0.05) is 13.0 Å². The topological polar surface area (TPSA) is 73.0 Å². The number of halogens is 1. The molecule has 0 amide bonds. The Balaban J connectivity index is 2.18. The number of aryl methyl sites for hydroxylation is 1. The number of nitro benzene ring substituents is 1. The minimum Gasteiger partial charge on any atom is -0.371 e. The van der Waals surface area contributed by atoms with E-state index in [1.807, 2.05) is 6.92 Å². The maximum absolute atomic E-state index is 13.7. The van der Waals surface area contributed by atoms with Crippen molar-refractivity contribution in [2.24, 2.45) is 0 Å². The smallest absolute Gasteiger partial charge is 0.295 e. The van der Waals surface area contributed by atoms with Crippen LogP contribution in [-0.2, 0) is 13.1 Å². The van der Waals surface area contributed by atoms with Crippen molar-refractivity contribution < 1.29 is 9.31 Å². The van der Waals surface area contributed by atoms with Gasteiger partial charge in [-0.05, 0) is 18.6 Å². The fraction of sp³-hybridized carbons (Fsp3) is 0.308. The van der Waals surface area contributed by atoms with Gasteiger partial charge in [0.1, 0.15) is 5.69 Å². The van der Waals surface area contributed by atoms with Gasteiger partial charge in [0.05, 0.1) is 17.2 Å². The molecule has 1 aromatic heterocycles. The van der Waals surface area contributed by atoms with Crippen molar-refractivity contribution in [3.8, 4) is 0 Å². The highest BCUT2D eigenvalue weighted by molar-refractivity contribution is 5.62. The van der Waals surface area contributed by atoms with Crippen molar-refractivity contribution in [2.75, 3.05) is 5.32 Å². The first-order chi connectivity index (χ1) is 9.63. The molecule has 0 spiro atoms. The van der Waals surface area contributed by atoms with Gasteiger partial charge in [0, 0.05) is 18.8 Å². The van der Waals surface area contributed by atoms with Gasteiger partial charge < -0.3 is 5.32 Å². The summed E-state index contributed by atoms with van der Waals surface area (Å²) in [6.07, 6.45) is 2.58. The minimum atomic E-state index is -0.638. The lowest BCUT2D eigenvalue weighted by Gasteiger charge is -2.09. The molecule has 2 rings (SSSR count). The molecule has 7 heteroatoms. The van der Waals surface area contributed by atoms with Crippen molar-refractivity contribution in [2.45, 2.75) is 26.4 Å². The zero-order valence-corrected chi connectivity index (χ0v) is 11.0. The summed E-state index contributed by atoms with van der Waals surface area (Å²) in [7, 11) is 0. The number of para-hydroxylation sites is 1. The SMILES string of the molecule is CCCn1nccc1CNc1c(F)cccc1[N+](=O)[O-]. The average molecular weight is 278 g/mol. The van der Waals surface area contributed by atoms with Gasteiger partial charge in [-0.15, -0.1) is 0 Å². The number of nitrogens with zero attached hydrogens (tertiary/aromatic N) is 3. The highest BCUT2D eigenvalue weighted by Crippen LogP contribution is 2.27. The fourth-order valence-electron chi connectivity index (χ4n) is 1.94. The van der Waals surface area contributed by atoms with Crippen molar-refractivity contribution in [3.05, 3.63) is 52.1 Å². The van der Waals surface area contributed by atoms with E-state index in [2.05, 4.69) is 10.4 Å². The van der Waals surface area contributed by atoms with E-state index in [9.17, 15) is 14.5 Å². The van der Waals surface area contributed by atoms with Crippen LogP contribution < -0.4 is 5.32 Å². The maximum Gasteiger partial charge on any atom is 0.295 e. The van der Waals surface area contributed by atoms with Crippen LogP contribution in [0.1, 0.15) is 19.0 Å². The summed E-state index contributed by atoms with van der Waals surface area (Å²) in [4.78, 5) is 10.3. The Morgan fingerprint density at radius 2 is 2.25 bits per heavy atom. The molecule has 2 aromatic rings. The summed E-state index contributed by atoms with van der Waals surface area (Å²) in [5.41, 5.74) is 0.484. The summed E-state index contributed by atoms with van der Waals surface area (Å²) in [6.45, 7) is 3.06. The lowest BCUT2D eigenvalue weighted by molar-refractivity contribution is -0.384. The molecular weight excluding hydrogens is 263 g/mol. The second-order valence-electron chi connectivity index (χ2n) is 4.29. The molecule has 0 bridgehead atoms.